The van der Waals surface area contributed by atoms with Crippen LogP contribution in [0.5, 0.6) is 11.5 Å². The first-order valence-electron chi connectivity index (χ1n) is 6.41. The number of amides is 1. The molecule has 0 aromatic heterocycles. The van der Waals surface area contributed by atoms with Gasteiger partial charge in [-0.25, -0.2) is 4.39 Å². The second-order valence-electron chi connectivity index (χ2n) is 4.48. The Kier molecular flexibility index (Phi) is 4.77. The lowest BCUT2D eigenvalue weighted by atomic mass is 10.2. The largest absolute Gasteiger partial charge is 0.497 e. The van der Waals surface area contributed by atoms with Crippen molar-refractivity contribution in [1.82, 2.24) is 0 Å². The minimum Gasteiger partial charge on any atom is -0.497 e. The van der Waals surface area contributed by atoms with Gasteiger partial charge in [0.25, 0.3) is 5.91 Å². The molecule has 21 heavy (non-hydrogen) atoms. The predicted molar refractivity (Wildman–Crippen MR) is 78.3 cm³/mol. The first-order valence-corrected chi connectivity index (χ1v) is 6.41. The summed E-state index contributed by atoms with van der Waals surface area (Å²) in [5.74, 6) is 0.507. The van der Waals surface area contributed by atoms with Gasteiger partial charge >= 0.3 is 0 Å². The number of rotatable bonds is 5. The van der Waals surface area contributed by atoms with Crippen molar-refractivity contribution in [3.63, 3.8) is 0 Å². The molecule has 0 heterocycles. The lowest BCUT2D eigenvalue weighted by Crippen LogP contribution is -2.20. The molecule has 0 atom stereocenters. The number of anilines is 1. The molecule has 2 rings (SSSR count). The van der Waals surface area contributed by atoms with E-state index in [2.05, 4.69) is 5.32 Å². The summed E-state index contributed by atoms with van der Waals surface area (Å²) in [4.78, 5) is 11.8. The molecule has 0 aliphatic carbocycles. The van der Waals surface area contributed by atoms with Crippen LogP contribution in [0, 0.1) is 12.7 Å². The van der Waals surface area contributed by atoms with E-state index < -0.39 is 0 Å². The molecule has 0 bridgehead atoms. The quantitative estimate of drug-likeness (QED) is 0.919. The highest BCUT2D eigenvalue weighted by Crippen LogP contribution is 2.19. The standard InChI is InChI=1S/C16H16FNO3/c1-11-8-12(17)6-7-15(11)21-10-16(19)18-13-4-3-5-14(9-13)20-2/h3-9H,10H2,1-2H3,(H,18,19). The lowest BCUT2D eigenvalue weighted by Gasteiger charge is -2.10. The third kappa shape index (κ3) is 4.21. The van der Waals surface area contributed by atoms with Crippen molar-refractivity contribution in [2.75, 3.05) is 19.0 Å². The summed E-state index contributed by atoms with van der Waals surface area (Å²) in [5.41, 5.74) is 1.27. The van der Waals surface area contributed by atoms with Crippen molar-refractivity contribution in [1.29, 1.82) is 0 Å². The number of aryl methyl sites for hydroxylation is 1. The Hall–Kier alpha value is -2.56. The number of nitrogens with one attached hydrogen (secondary N) is 1. The van der Waals surface area contributed by atoms with Crippen molar-refractivity contribution in [2.24, 2.45) is 0 Å². The molecule has 0 aliphatic rings. The smallest absolute Gasteiger partial charge is 0.262 e. The Bertz CT molecular complexity index is 643. The molecule has 4 nitrogen and oxygen atoms in total. The molecule has 0 saturated heterocycles. The van der Waals surface area contributed by atoms with Crippen LogP contribution in [0.25, 0.3) is 0 Å². The number of methoxy groups -OCH3 is 1. The maximum atomic E-state index is 13.0. The van der Waals surface area contributed by atoms with Crippen molar-refractivity contribution in [2.45, 2.75) is 6.92 Å². The van der Waals surface area contributed by atoms with Crippen LogP contribution in [0.3, 0.4) is 0 Å². The minimum atomic E-state index is -0.333. The zero-order valence-corrected chi connectivity index (χ0v) is 11.9. The lowest BCUT2D eigenvalue weighted by molar-refractivity contribution is -0.118. The van der Waals surface area contributed by atoms with E-state index in [0.29, 0.717) is 22.7 Å². The molecule has 110 valence electrons. The first-order chi connectivity index (χ1) is 10.1. The monoisotopic (exact) mass is 289 g/mol. The van der Waals surface area contributed by atoms with E-state index in [9.17, 15) is 9.18 Å². The van der Waals surface area contributed by atoms with Crippen LogP contribution >= 0.6 is 0 Å². The van der Waals surface area contributed by atoms with E-state index in [0.717, 1.165) is 0 Å². The van der Waals surface area contributed by atoms with Gasteiger partial charge in [-0.15, -0.1) is 0 Å². The fourth-order valence-electron chi connectivity index (χ4n) is 1.82. The van der Waals surface area contributed by atoms with Crippen LogP contribution in [-0.4, -0.2) is 19.6 Å². The van der Waals surface area contributed by atoms with Crippen molar-refractivity contribution < 1.29 is 18.7 Å². The van der Waals surface area contributed by atoms with Crippen LogP contribution in [0.15, 0.2) is 42.5 Å². The minimum absolute atomic E-state index is 0.149. The maximum absolute atomic E-state index is 13.0. The molecule has 0 unspecified atom stereocenters. The molecule has 1 N–H and O–H groups in total. The van der Waals surface area contributed by atoms with E-state index in [4.69, 9.17) is 9.47 Å². The molecule has 0 fully saturated rings. The number of halogens is 1. The van der Waals surface area contributed by atoms with Crippen molar-refractivity contribution in [3.05, 3.63) is 53.8 Å². The maximum Gasteiger partial charge on any atom is 0.262 e. The molecule has 2 aromatic carbocycles. The highest BCUT2D eigenvalue weighted by molar-refractivity contribution is 5.92. The van der Waals surface area contributed by atoms with Gasteiger partial charge in [0, 0.05) is 11.8 Å². The highest BCUT2D eigenvalue weighted by Gasteiger charge is 2.06. The second-order valence-corrected chi connectivity index (χ2v) is 4.48. The summed E-state index contributed by atoms with van der Waals surface area (Å²) >= 11 is 0. The Morgan fingerprint density at radius 2 is 2.05 bits per heavy atom. The van der Waals surface area contributed by atoms with E-state index in [-0.39, 0.29) is 18.3 Å². The Balaban J connectivity index is 1.92. The van der Waals surface area contributed by atoms with Crippen LogP contribution in [0.4, 0.5) is 10.1 Å². The Morgan fingerprint density at radius 3 is 2.76 bits per heavy atom. The highest BCUT2D eigenvalue weighted by atomic mass is 19.1. The summed E-state index contributed by atoms with van der Waals surface area (Å²) in [7, 11) is 1.56. The van der Waals surface area contributed by atoms with Crippen LogP contribution in [0.2, 0.25) is 0 Å². The molecule has 0 radical (unpaired) electrons. The van der Waals surface area contributed by atoms with Crippen LogP contribution in [0.1, 0.15) is 5.56 Å². The second kappa shape index (κ2) is 6.74. The van der Waals surface area contributed by atoms with Gasteiger partial charge in [0.2, 0.25) is 0 Å². The van der Waals surface area contributed by atoms with Gasteiger partial charge in [0.1, 0.15) is 17.3 Å². The number of hydrogen-bond acceptors (Lipinski definition) is 3. The number of benzene rings is 2. The normalized spacial score (nSPS) is 10.0. The number of carbonyl (C=O) groups excluding carboxylic acids is 1. The van der Waals surface area contributed by atoms with Gasteiger partial charge in [0.05, 0.1) is 7.11 Å². The predicted octanol–water partition coefficient (Wildman–Crippen LogP) is 3.16. The molecular weight excluding hydrogens is 273 g/mol. The summed E-state index contributed by atoms with van der Waals surface area (Å²) in [6.45, 7) is 1.57. The summed E-state index contributed by atoms with van der Waals surface area (Å²) in [6.07, 6.45) is 0. The zero-order chi connectivity index (χ0) is 15.2. The zero-order valence-electron chi connectivity index (χ0n) is 11.9. The molecule has 2 aromatic rings. The van der Waals surface area contributed by atoms with Gasteiger partial charge in [-0.05, 0) is 42.8 Å². The third-order valence-corrected chi connectivity index (χ3v) is 2.85. The van der Waals surface area contributed by atoms with E-state index >= 15 is 0 Å². The number of ether oxygens (including phenoxy) is 2. The van der Waals surface area contributed by atoms with Crippen LogP contribution in [-0.2, 0) is 4.79 Å². The van der Waals surface area contributed by atoms with Crippen LogP contribution < -0.4 is 14.8 Å². The van der Waals surface area contributed by atoms with Crippen molar-refractivity contribution >= 4 is 11.6 Å². The fourth-order valence-corrected chi connectivity index (χ4v) is 1.82. The molecule has 0 saturated carbocycles. The third-order valence-electron chi connectivity index (χ3n) is 2.85. The van der Waals surface area contributed by atoms with E-state index in [1.807, 2.05) is 0 Å². The van der Waals surface area contributed by atoms with Gasteiger partial charge in [-0.2, -0.15) is 0 Å². The summed E-state index contributed by atoms with van der Waals surface area (Å²) in [5, 5.41) is 2.70. The Morgan fingerprint density at radius 1 is 1.24 bits per heavy atom. The number of carbonyl (C=O) groups is 1. The van der Waals surface area contributed by atoms with Gasteiger partial charge in [-0.3, -0.25) is 4.79 Å². The van der Waals surface area contributed by atoms with Crippen molar-refractivity contribution in [3.8, 4) is 11.5 Å². The molecule has 1 amide bonds. The van der Waals surface area contributed by atoms with Gasteiger partial charge < -0.3 is 14.8 Å². The number of hydrogen-bond donors (Lipinski definition) is 1. The summed E-state index contributed by atoms with van der Waals surface area (Å²) < 4.78 is 23.4. The Labute approximate surface area is 122 Å². The van der Waals surface area contributed by atoms with E-state index in [1.165, 1.54) is 18.2 Å². The summed E-state index contributed by atoms with van der Waals surface area (Å²) in [6, 6.07) is 11.2. The topological polar surface area (TPSA) is 47.6 Å². The molecular formula is C16H16FNO3. The average Bonchev–Trinajstić information content (AvgIpc) is 2.46. The first kappa shape index (κ1) is 14.8. The van der Waals surface area contributed by atoms with E-state index in [1.54, 1.807) is 38.3 Å². The molecule has 5 heteroatoms. The fraction of sp³-hybridized carbons (Fsp3) is 0.188. The molecule has 0 aliphatic heterocycles. The van der Waals surface area contributed by atoms with Gasteiger partial charge in [0.15, 0.2) is 6.61 Å². The molecule has 0 spiro atoms. The average molecular weight is 289 g/mol. The van der Waals surface area contributed by atoms with Gasteiger partial charge in [-0.1, -0.05) is 6.07 Å². The SMILES string of the molecule is COc1cccc(NC(=O)COc2ccc(F)cc2C)c1.